The smallest absolute Gasteiger partial charge is 0.338 e. The predicted molar refractivity (Wildman–Crippen MR) is 146 cm³/mol. The van der Waals surface area contributed by atoms with Crippen LogP contribution < -0.4 is 10.1 Å². The highest BCUT2D eigenvalue weighted by molar-refractivity contribution is 6.06. The lowest BCUT2D eigenvalue weighted by atomic mass is 10.1. The van der Waals surface area contributed by atoms with Crippen molar-refractivity contribution >= 4 is 17.6 Å². The van der Waals surface area contributed by atoms with E-state index in [9.17, 15) is 9.59 Å². The van der Waals surface area contributed by atoms with Crippen molar-refractivity contribution in [2.24, 2.45) is 0 Å². The van der Waals surface area contributed by atoms with Crippen LogP contribution in [-0.2, 0) is 4.74 Å². The van der Waals surface area contributed by atoms with Gasteiger partial charge in [0.1, 0.15) is 18.9 Å². The van der Waals surface area contributed by atoms with Crippen LogP contribution in [0.25, 0.3) is 0 Å². The van der Waals surface area contributed by atoms with E-state index in [1.807, 2.05) is 18.2 Å². The van der Waals surface area contributed by atoms with Crippen molar-refractivity contribution in [2.75, 3.05) is 45.7 Å². The molecule has 1 amide bonds. The van der Waals surface area contributed by atoms with Gasteiger partial charge < -0.3 is 24.4 Å². The van der Waals surface area contributed by atoms with Gasteiger partial charge in [-0.3, -0.25) is 4.79 Å². The van der Waals surface area contributed by atoms with Gasteiger partial charge in [-0.2, -0.15) is 0 Å². The minimum Gasteiger partial charge on any atom is -0.490 e. The number of para-hydroxylation sites is 1. The summed E-state index contributed by atoms with van der Waals surface area (Å²) in [7, 11) is 3.16. The van der Waals surface area contributed by atoms with Gasteiger partial charge in [0.15, 0.2) is 0 Å². The monoisotopic (exact) mass is 501 g/mol. The fourth-order valence-electron chi connectivity index (χ4n) is 3.71. The van der Waals surface area contributed by atoms with Crippen molar-refractivity contribution in [3.8, 4) is 5.75 Å². The van der Waals surface area contributed by atoms with Gasteiger partial charge in [-0.05, 0) is 63.1 Å². The lowest BCUT2D eigenvalue weighted by Gasteiger charge is -2.31. The molecule has 2 rings (SSSR count). The summed E-state index contributed by atoms with van der Waals surface area (Å²) < 4.78 is 12.5. The number of rotatable bonds is 14. The van der Waals surface area contributed by atoms with Crippen LogP contribution in [0.2, 0.25) is 0 Å². The average Bonchev–Trinajstić information content (AvgIpc) is 2.90. The number of likely N-dealkylation sites (N-methyl/N-ethyl adjacent to an activating group) is 1. The molecule has 0 bridgehead atoms. The summed E-state index contributed by atoms with van der Waals surface area (Å²) in [6.45, 7) is 11.7. The zero-order valence-electron chi connectivity index (χ0n) is 22.9. The van der Waals surface area contributed by atoms with Gasteiger partial charge in [0, 0.05) is 12.8 Å². The molecule has 0 unspecified atom stereocenters. The fraction of sp³-hybridized carbons (Fsp3) is 0.517. The number of quaternary nitrogens is 1. The molecule has 2 N–H and O–H groups in total. The van der Waals surface area contributed by atoms with Crippen LogP contribution in [-0.4, -0.2) is 68.0 Å². The van der Waals surface area contributed by atoms with E-state index in [1.54, 1.807) is 30.3 Å². The summed E-state index contributed by atoms with van der Waals surface area (Å²) in [6, 6.07) is 14.1. The number of amides is 1. The van der Waals surface area contributed by atoms with Gasteiger partial charge >= 0.3 is 5.97 Å². The second-order valence-corrected chi connectivity index (χ2v) is 8.96. The van der Waals surface area contributed by atoms with Crippen molar-refractivity contribution in [3.05, 3.63) is 59.7 Å². The molecule has 7 heteroatoms. The molecule has 0 spiro atoms. The zero-order chi connectivity index (χ0) is 27.0. The largest absolute Gasteiger partial charge is 0.490 e. The number of anilines is 1. The number of nitrogens with zero attached hydrogens (tertiary/aromatic N) is 1. The first-order valence-electron chi connectivity index (χ1n) is 13.0. The maximum atomic E-state index is 13.0. The molecule has 0 saturated carbocycles. The first-order chi connectivity index (χ1) is 17.4. The van der Waals surface area contributed by atoms with Gasteiger partial charge in [-0.25, -0.2) is 4.79 Å². The molecule has 0 atom stereocenters. The van der Waals surface area contributed by atoms with Crippen LogP contribution in [0, 0.1) is 0 Å². The molecule has 0 aliphatic heterocycles. The molecule has 0 saturated heterocycles. The van der Waals surface area contributed by atoms with Crippen LogP contribution in [0.15, 0.2) is 48.5 Å². The molecular weight excluding hydrogens is 456 g/mol. The second-order valence-electron chi connectivity index (χ2n) is 8.96. The first-order valence-corrected chi connectivity index (χ1v) is 13.0. The maximum Gasteiger partial charge on any atom is 0.338 e. The van der Waals surface area contributed by atoms with Gasteiger partial charge in [0.2, 0.25) is 0 Å². The number of nitrogens with one attached hydrogen (secondary N) is 1. The van der Waals surface area contributed by atoms with E-state index in [0.717, 1.165) is 56.9 Å². The third kappa shape index (κ3) is 9.99. The summed E-state index contributed by atoms with van der Waals surface area (Å²) in [5.74, 6) is -0.00112. The van der Waals surface area contributed by atoms with E-state index in [-0.39, 0.29) is 18.0 Å². The Hall–Kier alpha value is -2.90. The molecule has 2 aromatic carbocycles. The van der Waals surface area contributed by atoms with Gasteiger partial charge in [-0.15, -0.1) is 0 Å². The Balaban J connectivity index is 0.00000316. The molecule has 0 aliphatic rings. The van der Waals surface area contributed by atoms with Crippen molar-refractivity contribution < 1.29 is 28.7 Å². The van der Waals surface area contributed by atoms with Gasteiger partial charge in [0.05, 0.1) is 37.4 Å². The van der Waals surface area contributed by atoms with E-state index in [0.29, 0.717) is 29.2 Å². The molecule has 0 heterocycles. The quantitative estimate of drug-likeness (QED) is 0.262. The predicted octanol–water partition coefficient (Wildman–Crippen LogP) is 5.54. The fourth-order valence-corrected chi connectivity index (χ4v) is 3.71. The van der Waals surface area contributed by atoms with E-state index < -0.39 is 0 Å². The summed E-state index contributed by atoms with van der Waals surface area (Å²) in [5.41, 5.74) is 1.57. The molecule has 0 fully saturated rings. The second kappa shape index (κ2) is 16.7. The Morgan fingerprint density at radius 2 is 1.50 bits per heavy atom. The maximum absolute atomic E-state index is 13.0. The zero-order valence-corrected chi connectivity index (χ0v) is 22.9. The minimum absolute atomic E-state index is 0.0977. The lowest BCUT2D eigenvalue weighted by molar-refractivity contribution is -0.906. The van der Waals surface area contributed by atoms with E-state index in [4.69, 9.17) is 14.6 Å². The minimum atomic E-state index is -0.353. The van der Waals surface area contributed by atoms with Crippen molar-refractivity contribution in [1.82, 2.24) is 0 Å². The first kappa shape index (κ1) is 31.1. The van der Waals surface area contributed by atoms with Crippen LogP contribution in [0.3, 0.4) is 0 Å². The lowest BCUT2D eigenvalue weighted by Crippen LogP contribution is -2.46. The summed E-state index contributed by atoms with van der Waals surface area (Å²) in [4.78, 5) is 25.3. The van der Waals surface area contributed by atoms with E-state index in [2.05, 4.69) is 40.1 Å². The third-order valence-corrected chi connectivity index (χ3v) is 6.42. The van der Waals surface area contributed by atoms with Crippen LogP contribution in [0.1, 0.15) is 74.1 Å². The summed E-state index contributed by atoms with van der Waals surface area (Å²) >= 11 is 0. The summed E-state index contributed by atoms with van der Waals surface area (Å²) in [5, 5.41) is 9.91. The van der Waals surface area contributed by atoms with Gasteiger partial charge in [0.25, 0.3) is 5.91 Å². The number of aliphatic hydroxyl groups excluding tert-OH is 1. The molecule has 0 aromatic heterocycles. The number of hydrogen-bond donors (Lipinski definition) is 2. The Bertz CT molecular complexity index is 904. The molecule has 36 heavy (non-hydrogen) atoms. The van der Waals surface area contributed by atoms with Crippen molar-refractivity contribution in [1.29, 1.82) is 0 Å². The van der Waals surface area contributed by atoms with Crippen LogP contribution in [0.5, 0.6) is 5.75 Å². The highest BCUT2D eigenvalue weighted by atomic mass is 16.5. The molecule has 2 aromatic rings. The van der Waals surface area contributed by atoms with Crippen LogP contribution >= 0.6 is 0 Å². The van der Waals surface area contributed by atoms with Crippen LogP contribution in [0.4, 0.5) is 5.69 Å². The normalized spacial score (nSPS) is 10.9. The van der Waals surface area contributed by atoms with E-state index >= 15 is 0 Å². The number of benzene rings is 2. The van der Waals surface area contributed by atoms with E-state index in [1.165, 1.54) is 0 Å². The highest BCUT2D eigenvalue weighted by Crippen LogP contribution is 2.24. The van der Waals surface area contributed by atoms with Crippen molar-refractivity contribution in [3.63, 3.8) is 0 Å². The standard InChI is InChI=1S/C28H40N2O4.CH4O/c1-6-12-24(13-7-2)34-26-15-11-10-14-25(26)27(31)29-23-18-16-22(17-19-23)28(32)33-21-20-30(5,8-3)9-4;1-2/h10-11,14-19,24H,6-9,12-13,20-21H2,1-5H3;2H,1H3/p+1. The number of aliphatic hydroxyl groups is 1. The Morgan fingerprint density at radius 1 is 0.917 bits per heavy atom. The molecule has 0 radical (unpaired) electrons. The Morgan fingerprint density at radius 3 is 2.06 bits per heavy atom. The number of carbonyl (C=O) groups is 2. The Kier molecular flexibility index (Phi) is 14.5. The van der Waals surface area contributed by atoms with Crippen molar-refractivity contribution in [2.45, 2.75) is 59.5 Å². The van der Waals surface area contributed by atoms with Gasteiger partial charge in [-0.1, -0.05) is 38.8 Å². The number of esters is 1. The Labute approximate surface area is 217 Å². The molecule has 0 aliphatic carbocycles. The third-order valence-electron chi connectivity index (χ3n) is 6.42. The number of carbonyl (C=O) groups excluding carboxylic acids is 2. The highest BCUT2D eigenvalue weighted by Gasteiger charge is 2.18. The SMILES string of the molecule is CCCC(CCC)Oc1ccccc1C(=O)Nc1ccc(C(=O)OCC[N+](C)(CC)CC)cc1.CO. The topological polar surface area (TPSA) is 84.9 Å². The molecule has 7 nitrogen and oxygen atoms in total. The number of ether oxygens (including phenoxy) is 2. The number of hydrogen-bond acceptors (Lipinski definition) is 5. The molecular formula is C29H45N2O5+. The average molecular weight is 502 g/mol. The summed E-state index contributed by atoms with van der Waals surface area (Å²) in [6.07, 6.45) is 4.07. The molecule has 200 valence electrons.